The largest absolute Gasteiger partial charge is 0.327 e. The van der Waals surface area contributed by atoms with Gasteiger partial charge in [-0.25, -0.2) is 4.98 Å². The molecule has 1 fully saturated rings. The Kier molecular flexibility index (Phi) is 3.54. The molecule has 0 bridgehead atoms. The van der Waals surface area contributed by atoms with Crippen molar-refractivity contribution in [1.29, 1.82) is 0 Å². The van der Waals surface area contributed by atoms with Crippen molar-refractivity contribution in [2.24, 2.45) is 5.73 Å². The first-order chi connectivity index (χ1) is 6.74. The topological polar surface area (TPSA) is 42.1 Å². The number of aromatic nitrogens is 1. The van der Waals surface area contributed by atoms with Crippen LogP contribution in [0.25, 0.3) is 0 Å². The molecule has 1 aliphatic rings. The number of nitrogens with two attached hydrogens (primary N) is 1. The summed E-state index contributed by atoms with van der Waals surface area (Å²) in [7, 11) is 0. The minimum atomic E-state index is 0.354. The lowest BCUT2D eigenvalue weighted by Crippen LogP contribution is -2.42. The van der Waals surface area contributed by atoms with Gasteiger partial charge in [0.1, 0.15) is 5.01 Å². The minimum Gasteiger partial charge on any atom is -0.327 e. The van der Waals surface area contributed by atoms with Crippen LogP contribution in [0.2, 0.25) is 0 Å². The predicted molar refractivity (Wildman–Crippen MR) is 62.3 cm³/mol. The highest BCUT2D eigenvalue weighted by molar-refractivity contribution is 9.11. The lowest BCUT2D eigenvalue weighted by atomic mass is 10.1. The molecule has 2 N–H and O–H groups in total. The van der Waals surface area contributed by atoms with Crippen molar-refractivity contribution < 1.29 is 0 Å². The summed E-state index contributed by atoms with van der Waals surface area (Å²) in [6.45, 7) is 3.12. The Morgan fingerprint density at radius 1 is 1.71 bits per heavy atom. The first-order valence-electron chi connectivity index (χ1n) is 4.82. The molecule has 3 nitrogen and oxygen atoms in total. The second-order valence-electron chi connectivity index (χ2n) is 3.70. The molecular formula is C9H14BrN3S. The van der Waals surface area contributed by atoms with Crippen molar-refractivity contribution in [1.82, 2.24) is 9.88 Å². The molecule has 2 heterocycles. The Balaban J connectivity index is 1.90. The maximum absolute atomic E-state index is 5.92. The molecule has 0 aromatic carbocycles. The molecule has 0 amide bonds. The van der Waals surface area contributed by atoms with Crippen molar-refractivity contribution in [3.63, 3.8) is 0 Å². The van der Waals surface area contributed by atoms with Crippen molar-refractivity contribution in [2.45, 2.75) is 25.4 Å². The zero-order valence-electron chi connectivity index (χ0n) is 7.95. The number of hydrogen-bond donors (Lipinski definition) is 1. The zero-order chi connectivity index (χ0) is 9.97. The predicted octanol–water partition coefficient (Wildman–Crippen LogP) is 1.83. The highest BCUT2D eigenvalue weighted by atomic mass is 79.9. The molecule has 1 saturated heterocycles. The summed E-state index contributed by atoms with van der Waals surface area (Å²) < 4.78 is 1.11. The number of rotatable bonds is 2. The summed E-state index contributed by atoms with van der Waals surface area (Å²) >= 11 is 5.13. The van der Waals surface area contributed by atoms with Gasteiger partial charge in [0.15, 0.2) is 0 Å². The van der Waals surface area contributed by atoms with Gasteiger partial charge in [-0.1, -0.05) is 0 Å². The van der Waals surface area contributed by atoms with E-state index in [2.05, 4.69) is 25.8 Å². The highest BCUT2D eigenvalue weighted by Gasteiger charge is 2.17. The summed E-state index contributed by atoms with van der Waals surface area (Å²) in [6.07, 6.45) is 4.25. The van der Waals surface area contributed by atoms with Gasteiger partial charge in [-0.3, -0.25) is 4.90 Å². The Hall–Kier alpha value is 0.0300. The molecule has 1 aromatic heterocycles. The average molecular weight is 276 g/mol. The van der Waals surface area contributed by atoms with Crippen molar-refractivity contribution in [2.75, 3.05) is 13.1 Å². The van der Waals surface area contributed by atoms with Crippen LogP contribution < -0.4 is 5.73 Å². The van der Waals surface area contributed by atoms with Crippen molar-refractivity contribution >= 4 is 27.3 Å². The van der Waals surface area contributed by atoms with E-state index in [0.717, 1.165) is 29.8 Å². The molecule has 0 spiro atoms. The quantitative estimate of drug-likeness (QED) is 0.896. The van der Waals surface area contributed by atoms with E-state index < -0.39 is 0 Å². The monoisotopic (exact) mass is 275 g/mol. The van der Waals surface area contributed by atoms with E-state index in [1.54, 1.807) is 11.3 Å². The molecule has 0 saturated carbocycles. The smallest absolute Gasteiger partial charge is 0.108 e. The van der Waals surface area contributed by atoms with Crippen LogP contribution in [-0.2, 0) is 6.54 Å². The van der Waals surface area contributed by atoms with Crippen LogP contribution in [-0.4, -0.2) is 29.0 Å². The SMILES string of the molecule is NC1CCCN(Cc2ncc(Br)s2)C1. The molecule has 0 radical (unpaired) electrons. The van der Waals surface area contributed by atoms with Gasteiger partial charge < -0.3 is 5.73 Å². The molecule has 0 aliphatic carbocycles. The van der Waals surface area contributed by atoms with E-state index in [9.17, 15) is 0 Å². The standard InChI is InChI=1S/C9H14BrN3S/c10-8-4-12-9(14-8)6-13-3-1-2-7(11)5-13/h4,7H,1-3,5-6,11H2. The number of likely N-dealkylation sites (tertiary alicyclic amines) is 1. The second-order valence-corrected chi connectivity index (χ2v) is 6.19. The van der Waals surface area contributed by atoms with Gasteiger partial charge >= 0.3 is 0 Å². The van der Waals surface area contributed by atoms with Gasteiger partial charge in [0.2, 0.25) is 0 Å². The third-order valence-corrected chi connectivity index (χ3v) is 3.89. The average Bonchev–Trinajstić information content (AvgIpc) is 2.51. The van der Waals surface area contributed by atoms with Crippen molar-refractivity contribution in [3.05, 3.63) is 15.0 Å². The fourth-order valence-electron chi connectivity index (χ4n) is 1.79. The van der Waals surface area contributed by atoms with E-state index in [-0.39, 0.29) is 0 Å². The van der Waals surface area contributed by atoms with E-state index >= 15 is 0 Å². The molecule has 1 aromatic rings. The number of halogens is 1. The van der Waals surface area contributed by atoms with Gasteiger partial charge in [-0.05, 0) is 35.3 Å². The lowest BCUT2D eigenvalue weighted by molar-refractivity contribution is 0.201. The molecule has 1 atom stereocenters. The van der Waals surface area contributed by atoms with Gasteiger partial charge in [0, 0.05) is 12.6 Å². The summed E-state index contributed by atoms with van der Waals surface area (Å²) in [5.41, 5.74) is 5.92. The van der Waals surface area contributed by atoms with Crippen LogP contribution in [0.1, 0.15) is 17.8 Å². The van der Waals surface area contributed by atoms with Gasteiger partial charge in [0.05, 0.1) is 16.5 Å². The maximum Gasteiger partial charge on any atom is 0.108 e. The number of piperidine rings is 1. The molecule has 5 heteroatoms. The fourth-order valence-corrected chi connectivity index (χ4v) is 3.13. The third-order valence-electron chi connectivity index (χ3n) is 2.43. The number of thiazole rings is 1. The van der Waals surface area contributed by atoms with Gasteiger partial charge in [-0.2, -0.15) is 0 Å². The minimum absolute atomic E-state index is 0.354. The molecule has 14 heavy (non-hydrogen) atoms. The van der Waals surface area contributed by atoms with Crippen LogP contribution in [0.15, 0.2) is 9.98 Å². The zero-order valence-corrected chi connectivity index (χ0v) is 10.4. The summed E-state index contributed by atoms with van der Waals surface area (Å²) in [4.78, 5) is 6.71. The maximum atomic E-state index is 5.92. The van der Waals surface area contributed by atoms with Crippen LogP contribution in [0.4, 0.5) is 0 Å². The van der Waals surface area contributed by atoms with Crippen LogP contribution >= 0.6 is 27.3 Å². The molecule has 78 valence electrons. The summed E-state index contributed by atoms with van der Waals surface area (Å²) in [5.74, 6) is 0. The first kappa shape index (κ1) is 10.5. The third kappa shape index (κ3) is 2.76. The van der Waals surface area contributed by atoms with Crippen molar-refractivity contribution in [3.8, 4) is 0 Å². The Morgan fingerprint density at radius 3 is 3.21 bits per heavy atom. The second kappa shape index (κ2) is 4.70. The van der Waals surface area contributed by atoms with Gasteiger partial charge in [0.25, 0.3) is 0 Å². The summed E-state index contributed by atoms with van der Waals surface area (Å²) in [5, 5.41) is 1.17. The molecular weight excluding hydrogens is 262 g/mol. The van der Waals surface area contributed by atoms with Crippen LogP contribution in [0, 0.1) is 0 Å². The van der Waals surface area contributed by atoms with E-state index in [1.807, 2.05) is 6.20 Å². The Morgan fingerprint density at radius 2 is 2.57 bits per heavy atom. The summed E-state index contributed by atoms with van der Waals surface area (Å²) in [6, 6.07) is 0.354. The fraction of sp³-hybridized carbons (Fsp3) is 0.667. The van der Waals surface area contributed by atoms with Crippen LogP contribution in [0.5, 0.6) is 0 Å². The molecule has 1 unspecified atom stereocenters. The Bertz CT molecular complexity index is 302. The molecule has 2 rings (SSSR count). The lowest BCUT2D eigenvalue weighted by Gasteiger charge is -2.29. The molecule has 1 aliphatic heterocycles. The van der Waals surface area contributed by atoms with E-state index in [0.29, 0.717) is 6.04 Å². The first-order valence-corrected chi connectivity index (χ1v) is 6.43. The van der Waals surface area contributed by atoms with E-state index in [4.69, 9.17) is 5.73 Å². The normalized spacial score (nSPS) is 24.0. The van der Waals surface area contributed by atoms with Gasteiger partial charge in [-0.15, -0.1) is 11.3 Å². The van der Waals surface area contributed by atoms with E-state index in [1.165, 1.54) is 11.4 Å². The Labute approximate surface area is 96.4 Å². The number of nitrogens with zero attached hydrogens (tertiary/aromatic N) is 2. The van der Waals surface area contributed by atoms with Crippen LogP contribution in [0.3, 0.4) is 0 Å². The number of hydrogen-bond acceptors (Lipinski definition) is 4. The highest BCUT2D eigenvalue weighted by Crippen LogP contribution is 2.21.